The number of likely N-dealkylation sites (N-methyl/N-ethyl adjacent to an activating group) is 1. The van der Waals surface area contributed by atoms with Crippen LogP contribution in [0.2, 0.25) is 0 Å². The molecule has 1 aliphatic rings. The number of carbonyl (C=O) groups is 1. The van der Waals surface area contributed by atoms with Crippen molar-refractivity contribution in [3.05, 3.63) is 59.0 Å². The number of methoxy groups -OCH3 is 3. The number of amides is 1. The number of aromatic nitrogens is 4. The lowest BCUT2D eigenvalue weighted by atomic mass is 10.1. The number of hydrogen-bond acceptors (Lipinski definition) is 9. The van der Waals surface area contributed by atoms with Crippen LogP contribution in [0.3, 0.4) is 0 Å². The van der Waals surface area contributed by atoms with Gasteiger partial charge in [-0.15, -0.1) is 0 Å². The molecular weight excluding hydrogens is 558 g/mol. The van der Waals surface area contributed by atoms with Crippen LogP contribution in [0, 0.1) is 0 Å². The summed E-state index contributed by atoms with van der Waals surface area (Å²) in [6.45, 7) is 8.60. The van der Waals surface area contributed by atoms with E-state index in [1.165, 1.54) is 0 Å². The Labute approximate surface area is 258 Å². The third-order valence-corrected chi connectivity index (χ3v) is 7.87. The van der Waals surface area contributed by atoms with Gasteiger partial charge in [0.25, 0.3) is 5.91 Å². The van der Waals surface area contributed by atoms with Crippen molar-refractivity contribution in [2.45, 2.75) is 26.7 Å². The van der Waals surface area contributed by atoms with Crippen LogP contribution in [0.25, 0.3) is 23.2 Å². The van der Waals surface area contributed by atoms with Crippen LogP contribution in [0.4, 0.5) is 11.5 Å². The first-order valence-electron chi connectivity index (χ1n) is 15.0. The van der Waals surface area contributed by atoms with E-state index in [1.54, 1.807) is 21.3 Å². The predicted octanol–water partition coefficient (Wildman–Crippen LogP) is 5.03. The molecule has 2 aromatic carbocycles. The second-order valence-electron chi connectivity index (χ2n) is 10.7. The maximum Gasteiger partial charge on any atom is 0.253 e. The summed E-state index contributed by atoms with van der Waals surface area (Å²) in [5, 5.41) is 8.21. The van der Waals surface area contributed by atoms with E-state index in [2.05, 4.69) is 24.1 Å². The molecule has 0 saturated carbocycles. The van der Waals surface area contributed by atoms with Crippen LogP contribution >= 0.6 is 0 Å². The van der Waals surface area contributed by atoms with E-state index in [0.717, 1.165) is 73.5 Å². The number of carbonyl (C=O) groups excluding carboxylic acids is 1. The van der Waals surface area contributed by atoms with Gasteiger partial charge in [-0.25, -0.2) is 9.97 Å². The lowest BCUT2D eigenvalue weighted by Crippen LogP contribution is -2.48. The molecule has 1 amide bonds. The first-order chi connectivity index (χ1) is 21.4. The number of hydrogen-bond donors (Lipinski definition) is 1. The average Bonchev–Trinajstić information content (AvgIpc) is 3.38. The van der Waals surface area contributed by atoms with Crippen molar-refractivity contribution in [1.82, 2.24) is 29.5 Å². The van der Waals surface area contributed by atoms with E-state index >= 15 is 0 Å². The normalized spacial score (nSPS) is 13.9. The molecule has 5 rings (SSSR count). The third-order valence-electron chi connectivity index (χ3n) is 7.87. The Morgan fingerprint density at radius 1 is 0.932 bits per heavy atom. The van der Waals surface area contributed by atoms with Gasteiger partial charge < -0.3 is 29.3 Å². The van der Waals surface area contributed by atoms with Crippen molar-refractivity contribution < 1.29 is 19.0 Å². The molecule has 2 aromatic heterocycles. The van der Waals surface area contributed by atoms with Gasteiger partial charge in [0.1, 0.15) is 11.0 Å². The standard InChI is InChI=1S/C33H41N7O4/c1-7-9-25-29-30(38(3)37-25)32(34-24-13-11-23(12-14-24)33(41)40-18-16-39(8-2)17-19-40)36-28(35-29)15-10-22-20-26(42-4)31(44-6)27(21-22)43-5/h10-15,20-21H,7-9,16-19H2,1-6H3,(H,34,35,36)/b15-10+. The number of ether oxygens (including phenoxy) is 3. The smallest absolute Gasteiger partial charge is 0.253 e. The number of aryl methyl sites for hydroxylation is 2. The van der Waals surface area contributed by atoms with Crippen molar-refractivity contribution in [2.75, 3.05) is 59.4 Å². The second kappa shape index (κ2) is 13.8. The average molecular weight is 600 g/mol. The lowest BCUT2D eigenvalue weighted by molar-refractivity contribution is 0.0643. The zero-order chi connectivity index (χ0) is 31.2. The van der Waals surface area contributed by atoms with Crippen LogP contribution in [-0.2, 0) is 13.5 Å². The summed E-state index contributed by atoms with van der Waals surface area (Å²) in [7, 11) is 6.66. The Bertz CT molecular complexity index is 1620. The molecule has 0 radical (unpaired) electrons. The zero-order valence-corrected chi connectivity index (χ0v) is 26.4. The number of nitrogens with one attached hydrogen (secondary N) is 1. The molecule has 0 unspecified atom stereocenters. The Kier molecular flexibility index (Phi) is 9.64. The van der Waals surface area contributed by atoms with Gasteiger partial charge >= 0.3 is 0 Å². The van der Waals surface area contributed by atoms with E-state index in [0.29, 0.717) is 34.5 Å². The fourth-order valence-corrected chi connectivity index (χ4v) is 5.48. The maximum absolute atomic E-state index is 13.1. The van der Waals surface area contributed by atoms with Crippen LogP contribution in [-0.4, -0.2) is 89.5 Å². The van der Waals surface area contributed by atoms with Crippen molar-refractivity contribution >= 4 is 40.6 Å². The summed E-state index contributed by atoms with van der Waals surface area (Å²) < 4.78 is 18.3. The monoisotopic (exact) mass is 599 g/mol. The molecule has 44 heavy (non-hydrogen) atoms. The molecule has 1 fully saturated rings. The van der Waals surface area contributed by atoms with Gasteiger partial charge in [-0.1, -0.05) is 26.3 Å². The van der Waals surface area contributed by atoms with E-state index in [9.17, 15) is 4.79 Å². The summed E-state index contributed by atoms with van der Waals surface area (Å²) in [6, 6.07) is 11.3. The van der Waals surface area contributed by atoms with Gasteiger partial charge in [-0.05, 0) is 61.0 Å². The van der Waals surface area contributed by atoms with Crippen molar-refractivity contribution in [3.63, 3.8) is 0 Å². The molecule has 0 aliphatic carbocycles. The molecule has 3 heterocycles. The minimum atomic E-state index is 0.0618. The first-order valence-corrected chi connectivity index (χ1v) is 15.0. The topological polar surface area (TPSA) is 107 Å². The van der Waals surface area contributed by atoms with Crippen LogP contribution in [0.15, 0.2) is 36.4 Å². The number of rotatable bonds is 11. The molecule has 11 nitrogen and oxygen atoms in total. The highest BCUT2D eigenvalue weighted by atomic mass is 16.5. The van der Waals surface area contributed by atoms with Crippen molar-refractivity contribution in [1.29, 1.82) is 0 Å². The van der Waals surface area contributed by atoms with Gasteiger partial charge in [0.2, 0.25) is 5.75 Å². The molecule has 4 aromatic rings. The van der Waals surface area contributed by atoms with Crippen LogP contribution in [0.1, 0.15) is 47.7 Å². The number of benzene rings is 2. The van der Waals surface area contributed by atoms with E-state index < -0.39 is 0 Å². The molecule has 1 saturated heterocycles. The highest BCUT2D eigenvalue weighted by Crippen LogP contribution is 2.38. The maximum atomic E-state index is 13.1. The fraction of sp³-hybridized carbons (Fsp3) is 0.394. The van der Waals surface area contributed by atoms with Crippen LogP contribution in [0.5, 0.6) is 17.2 Å². The highest BCUT2D eigenvalue weighted by molar-refractivity contribution is 5.95. The Hall–Kier alpha value is -4.64. The van der Waals surface area contributed by atoms with Crippen molar-refractivity contribution in [3.8, 4) is 17.2 Å². The summed E-state index contributed by atoms with van der Waals surface area (Å²) in [5.74, 6) is 2.87. The number of nitrogens with zero attached hydrogens (tertiary/aromatic N) is 6. The van der Waals surface area contributed by atoms with E-state index in [1.807, 2.05) is 65.2 Å². The van der Waals surface area contributed by atoms with E-state index in [-0.39, 0.29) is 5.91 Å². The molecular formula is C33H41N7O4. The minimum absolute atomic E-state index is 0.0618. The zero-order valence-electron chi connectivity index (χ0n) is 26.4. The summed E-state index contributed by atoms with van der Waals surface area (Å²) in [6.07, 6.45) is 5.51. The summed E-state index contributed by atoms with van der Waals surface area (Å²) in [4.78, 5) is 27.2. The highest BCUT2D eigenvalue weighted by Gasteiger charge is 2.22. The summed E-state index contributed by atoms with van der Waals surface area (Å²) >= 11 is 0. The van der Waals surface area contributed by atoms with E-state index in [4.69, 9.17) is 29.3 Å². The largest absolute Gasteiger partial charge is 0.493 e. The third kappa shape index (κ3) is 6.47. The fourth-order valence-electron chi connectivity index (χ4n) is 5.48. The Balaban J connectivity index is 1.44. The van der Waals surface area contributed by atoms with Gasteiger partial charge in [-0.3, -0.25) is 9.48 Å². The first kappa shape index (κ1) is 30.8. The lowest BCUT2D eigenvalue weighted by Gasteiger charge is -2.34. The van der Waals surface area contributed by atoms with Crippen LogP contribution < -0.4 is 19.5 Å². The number of piperazine rings is 1. The van der Waals surface area contributed by atoms with Gasteiger partial charge in [0.05, 0.1) is 27.0 Å². The SMILES string of the molecule is CCCc1nn(C)c2c(Nc3ccc(C(=O)N4CCN(CC)CC4)cc3)nc(/C=C/c3cc(OC)c(OC)c(OC)c3)nc12. The van der Waals surface area contributed by atoms with Crippen molar-refractivity contribution in [2.24, 2.45) is 7.05 Å². The van der Waals surface area contributed by atoms with Gasteiger partial charge in [0, 0.05) is 44.5 Å². The molecule has 0 bridgehead atoms. The number of fused-ring (bicyclic) bond motifs is 1. The molecule has 1 N–H and O–H groups in total. The molecule has 11 heteroatoms. The molecule has 1 aliphatic heterocycles. The molecule has 0 atom stereocenters. The summed E-state index contributed by atoms with van der Waals surface area (Å²) in [5.41, 5.74) is 4.86. The minimum Gasteiger partial charge on any atom is -0.493 e. The Morgan fingerprint density at radius 3 is 2.20 bits per heavy atom. The predicted molar refractivity (Wildman–Crippen MR) is 173 cm³/mol. The second-order valence-corrected chi connectivity index (χ2v) is 10.7. The number of anilines is 2. The van der Waals surface area contributed by atoms with Gasteiger partial charge in [-0.2, -0.15) is 5.10 Å². The molecule has 0 spiro atoms. The van der Waals surface area contributed by atoms with Gasteiger partial charge in [0.15, 0.2) is 23.1 Å². The quantitative estimate of drug-likeness (QED) is 0.254. The molecule has 232 valence electrons. The Morgan fingerprint density at radius 2 is 1.61 bits per heavy atom.